The first kappa shape index (κ1) is 12.2. The Morgan fingerprint density at radius 3 is 2.65 bits per heavy atom. The molecule has 2 aliphatic rings. The lowest BCUT2D eigenvalue weighted by atomic mass is 10.0. The van der Waals surface area contributed by atoms with Gasteiger partial charge in [0.2, 0.25) is 0 Å². The van der Waals surface area contributed by atoms with Crippen LogP contribution < -0.4 is 5.32 Å². The van der Waals surface area contributed by atoms with Gasteiger partial charge in [0.1, 0.15) is 0 Å². The summed E-state index contributed by atoms with van der Waals surface area (Å²) >= 11 is 0. The molecule has 6 heteroatoms. The molecule has 0 aromatic rings. The molecule has 0 aromatic carbocycles. The van der Waals surface area contributed by atoms with Crippen LogP contribution >= 0.6 is 0 Å². The number of nitrogens with zero attached hydrogens (tertiary/aromatic N) is 1. The molecule has 1 saturated heterocycles. The molecular weight excluding hydrogens is 224 g/mol. The molecule has 0 bridgehead atoms. The van der Waals surface area contributed by atoms with Crippen LogP contribution in [0.4, 0.5) is 4.79 Å². The van der Waals surface area contributed by atoms with E-state index in [1.807, 2.05) is 0 Å². The van der Waals surface area contributed by atoms with Crippen molar-refractivity contribution in [2.24, 2.45) is 11.8 Å². The molecule has 96 valence electrons. The largest absolute Gasteiger partial charge is 0.481 e. The number of urea groups is 1. The van der Waals surface area contributed by atoms with Gasteiger partial charge in [0.15, 0.2) is 0 Å². The van der Waals surface area contributed by atoms with E-state index in [-0.39, 0.29) is 6.03 Å². The summed E-state index contributed by atoms with van der Waals surface area (Å²) in [4.78, 5) is 23.5. The summed E-state index contributed by atoms with van der Waals surface area (Å²) < 4.78 is 5.37. The monoisotopic (exact) mass is 242 g/mol. The van der Waals surface area contributed by atoms with Gasteiger partial charge in [-0.3, -0.25) is 4.79 Å². The second-order valence-corrected chi connectivity index (χ2v) is 4.69. The smallest absolute Gasteiger partial charge is 0.317 e. The predicted molar refractivity (Wildman–Crippen MR) is 59.6 cm³/mol. The molecule has 1 aliphatic carbocycles. The first-order valence-corrected chi connectivity index (χ1v) is 6.00. The molecule has 2 N–H and O–H groups in total. The van der Waals surface area contributed by atoms with Crippen molar-refractivity contribution in [3.05, 3.63) is 0 Å². The van der Waals surface area contributed by atoms with Crippen molar-refractivity contribution in [3.8, 4) is 0 Å². The third-order valence-electron chi connectivity index (χ3n) is 3.09. The van der Waals surface area contributed by atoms with Crippen molar-refractivity contribution in [2.75, 3.05) is 32.8 Å². The number of aliphatic carboxylic acids is 1. The van der Waals surface area contributed by atoms with Crippen LogP contribution in [0.25, 0.3) is 0 Å². The van der Waals surface area contributed by atoms with Crippen molar-refractivity contribution in [3.63, 3.8) is 0 Å². The summed E-state index contributed by atoms with van der Waals surface area (Å²) in [5.74, 6) is -0.494. The Morgan fingerprint density at radius 1 is 1.35 bits per heavy atom. The molecule has 0 unspecified atom stereocenters. The Kier molecular flexibility index (Phi) is 3.83. The molecule has 2 fully saturated rings. The number of likely N-dealkylation sites (tertiary alicyclic amines) is 1. The number of amides is 2. The zero-order chi connectivity index (χ0) is 12.3. The molecule has 0 atom stereocenters. The molecular formula is C11H18N2O4. The van der Waals surface area contributed by atoms with Crippen LogP contribution in [0.5, 0.6) is 0 Å². The van der Waals surface area contributed by atoms with Crippen LogP contribution in [0.3, 0.4) is 0 Å². The quantitative estimate of drug-likeness (QED) is 0.649. The Labute approximate surface area is 99.9 Å². The topological polar surface area (TPSA) is 78.9 Å². The summed E-state index contributed by atoms with van der Waals surface area (Å²) in [6.07, 6.45) is 2.52. The van der Waals surface area contributed by atoms with Crippen LogP contribution in [0.1, 0.15) is 12.8 Å². The highest BCUT2D eigenvalue weighted by molar-refractivity contribution is 5.79. The fourth-order valence-corrected chi connectivity index (χ4v) is 1.68. The highest BCUT2D eigenvalue weighted by Gasteiger charge is 2.35. The molecule has 2 amide bonds. The highest BCUT2D eigenvalue weighted by atomic mass is 16.5. The normalized spacial score (nSPS) is 19.9. The van der Waals surface area contributed by atoms with Crippen molar-refractivity contribution < 1.29 is 19.4 Å². The zero-order valence-electron chi connectivity index (χ0n) is 9.72. The molecule has 0 aromatic heterocycles. The molecule has 1 aliphatic heterocycles. The van der Waals surface area contributed by atoms with E-state index in [1.165, 1.54) is 17.7 Å². The molecule has 1 saturated carbocycles. The summed E-state index contributed by atoms with van der Waals surface area (Å²) in [6.45, 7) is 2.42. The van der Waals surface area contributed by atoms with E-state index in [0.717, 1.165) is 12.5 Å². The summed E-state index contributed by atoms with van der Waals surface area (Å²) in [6, 6.07) is -0.197. The van der Waals surface area contributed by atoms with Gasteiger partial charge in [0, 0.05) is 26.2 Å². The number of carbonyl (C=O) groups is 2. The molecule has 0 spiro atoms. The fraction of sp³-hybridized carbons (Fsp3) is 0.818. The Balaban J connectivity index is 1.48. The van der Waals surface area contributed by atoms with Gasteiger partial charge >= 0.3 is 12.0 Å². The van der Waals surface area contributed by atoms with Gasteiger partial charge in [-0.1, -0.05) is 0 Å². The third-order valence-corrected chi connectivity index (χ3v) is 3.09. The molecule has 2 rings (SSSR count). The van der Waals surface area contributed by atoms with E-state index in [1.54, 1.807) is 0 Å². The van der Waals surface area contributed by atoms with Gasteiger partial charge in [0.25, 0.3) is 0 Å². The van der Waals surface area contributed by atoms with Gasteiger partial charge in [-0.25, -0.2) is 4.79 Å². The van der Waals surface area contributed by atoms with Crippen molar-refractivity contribution in [2.45, 2.75) is 12.8 Å². The second-order valence-electron chi connectivity index (χ2n) is 4.69. The maximum atomic E-state index is 11.5. The maximum absolute atomic E-state index is 11.5. The molecule has 0 radical (unpaired) electrons. The van der Waals surface area contributed by atoms with Gasteiger partial charge in [-0.15, -0.1) is 0 Å². The number of carboxylic acids is 1. The minimum Gasteiger partial charge on any atom is -0.481 e. The predicted octanol–water partition coefficient (Wildman–Crippen LogP) is 0.139. The molecule has 6 nitrogen and oxygen atoms in total. The first-order chi connectivity index (χ1) is 8.16. The maximum Gasteiger partial charge on any atom is 0.317 e. The van der Waals surface area contributed by atoms with E-state index >= 15 is 0 Å². The number of hydrogen-bond acceptors (Lipinski definition) is 3. The van der Waals surface area contributed by atoms with Gasteiger partial charge in [-0.2, -0.15) is 0 Å². The summed E-state index contributed by atoms with van der Waals surface area (Å²) in [5.41, 5.74) is 0. The van der Waals surface area contributed by atoms with E-state index in [4.69, 9.17) is 9.84 Å². The van der Waals surface area contributed by atoms with Crippen LogP contribution in [0.2, 0.25) is 0 Å². The van der Waals surface area contributed by atoms with Gasteiger partial charge in [0.05, 0.1) is 12.5 Å². The lowest BCUT2D eigenvalue weighted by Gasteiger charge is -2.36. The third kappa shape index (κ3) is 3.59. The van der Waals surface area contributed by atoms with Crippen LogP contribution in [-0.2, 0) is 9.53 Å². The van der Waals surface area contributed by atoms with Crippen LogP contribution in [0, 0.1) is 11.8 Å². The Hall–Kier alpha value is -1.30. The van der Waals surface area contributed by atoms with E-state index in [2.05, 4.69) is 5.32 Å². The lowest BCUT2D eigenvalue weighted by molar-refractivity contribution is -0.146. The minimum atomic E-state index is -0.832. The zero-order valence-corrected chi connectivity index (χ0v) is 9.72. The van der Waals surface area contributed by atoms with Crippen molar-refractivity contribution in [1.82, 2.24) is 10.2 Å². The van der Waals surface area contributed by atoms with Crippen LogP contribution in [-0.4, -0.2) is 54.9 Å². The van der Waals surface area contributed by atoms with E-state index in [9.17, 15) is 9.59 Å². The van der Waals surface area contributed by atoms with E-state index < -0.39 is 11.9 Å². The number of carboxylic acid groups (broad SMARTS) is 1. The SMILES string of the molecule is O=C(O)C1CN(C(=O)NCCOCC2CC2)C1. The Bertz CT molecular complexity index is 298. The van der Waals surface area contributed by atoms with Gasteiger partial charge in [-0.05, 0) is 18.8 Å². The fourth-order valence-electron chi connectivity index (χ4n) is 1.68. The number of rotatable bonds is 6. The van der Waals surface area contributed by atoms with Gasteiger partial charge < -0.3 is 20.1 Å². The highest BCUT2D eigenvalue weighted by Crippen LogP contribution is 2.28. The molecule has 17 heavy (non-hydrogen) atoms. The summed E-state index contributed by atoms with van der Waals surface area (Å²) in [5, 5.41) is 11.4. The van der Waals surface area contributed by atoms with Crippen molar-refractivity contribution in [1.29, 1.82) is 0 Å². The average molecular weight is 242 g/mol. The first-order valence-electron chi connectivity index (χ1n) is 6.00. The number of nitrogens with one attached hydrogen (secondary N) is 1. The van der Waals surface area contributed by atoms with E-state index in [0.29, 0.717) is 26.2 Å². The van der Waals surface area contributed by atoms with Crippen molar-refractivity contribution >= 4 is 12.0 Å². The number of carbonyl (C=O) groups excluding carboxylic acids is 1. The lowest BCUT2D eigenvalue weighted by Crippen LogP contribution is -2.56. The summed E-state index contributed by atoms with van der Waals surface area (Å²) in [7, 11) is 0. The average Bonchev–Trinajstić information content (AvgIpc) is 2.98. The van der Waals surface area contributed by atoms with Crippen LogP contribution in [0.15, 0.2) is 0 Å². The Morgan fingerprint density at radius 2 is 2.06 bits per heavy atom. The minimum absolute atomic E-state index is 0.197. The standard InChI is InChI=1S/C11H18N2O4/c14-10(15)9-5-13(6-9)11(16)12-3-4-17-7-8-1-2-8/h8-9H,1-7H2,(H,12,16)(H,14,15). The second kappa shape index (κ2) is 5.35. The number of ether oxygens (including phenoxy) is 1. The number of hydrogen-bond donors (Lipinski definition) is 2. The molecule has 1 heterocycles.